The molecule has 0 saturated heterocycles. The molecule has 0 spiro atoms. The van der Waals surface area contributed by atoms with Gasteiger partial charge in [-0.25, -0.2) is 19.9 Å². The van der Waals surface area contributed by atoms with E-state index in [0.29, 0.717) is 15.6 Å². The Morgan fingerprint density at radius 2 is 1.94 bits per heavy atom. The maximum absolute atomic E-state index is 12.5. The standard InChI is InChI=1S/C18H15Cl2N9O3/c1-27-14-13(15(31)28(2)18(27)32)29(8-22-14)7-12(30)23-17-24-16(25-26-17)21-6-9-10(19)4-3-5-11(9)20/h3-6,8H,7H2,1-2H3,(H2,23,24,25,26,30)/b21-6+. The van der Waals surface area contributed by atoms with Crippen molar-refractivity contribution in [2.75, 3.05) is 5.32 Å². The summed E-state index contributed by atoms with van der Waals surface area (Å²) in [5.41, 5.74) is -0.244. The number of rotatable bonds is 5. The van der Waals surface area contributed by atoms with Gasteiger partial charge in [-0.05, 0) is 12.1 Å². The highest BCUT2D eigenvalue weighted by Crippen LogP contribution is 2.22. The molecule has 3 aromatic heterocycles. The smallest absolute Gasteiger partial charge is 0.315 e. The lowest BCUT2D eigenvalue weighted by molar-refractivity contribution is -0.116. The first-order chi connectivity index (χ1) is 15.3. The normalized spacial score (nSPS) is 11.5. The van der Waals surface area contributed by atoms with Crippen LogP contribution < -0.4 is 16.6 Å². The maximum Gasteiger partial charge on any atom is 0.332 e. The lowest BCUT2D eigenvalue weighted by Crippen LogP contribution is -2.37. The van der Waals surface area contributed by atoms with Crippen LogP contribution in [0.5, 0.6) is 0 Å². The summed E-state index contributed by atoms with van der Waals surface area (Å²) >= 11 is 12.2. The number of imidazole rings is 1. The third-order valence-corrected chi connectivity index (χ3v) is 5.23. The van der Waals surface area contributed by atoms with Gasteiger partial charge < -0.3 is 4.57 Å². The van der Waals surface area contributed by atoms with Gasteiger partial charge in [0.15, 0.2) is 11.2 Å². The molecule has 0 bridgehead atoms. The van der Waals surface area contributed by atoms with Gasteiger partial charge in [-0.3, -0.25) is 24.0 Å². The fourth-order valence-electron chi connectivity index (χ4n) is 2.97. The Balaban J connectivity index is 1.51. The molecular formula is C18H15Cl2N9O3. The number of hydrogen-bond donors (Lipinski definition) is 2. The highest BCUT2D eigenvalue weighted by atomic mass is 35.5. The Labute approximate surface area is 189 Å². The van der Waals surface area contributed by atoms with E-state index in [1.165, 1.54) is 35.8 Å². The second-order valence-corrected chi connectivity index (χ2v) is 7.49. The predicted octanol–water partition coefficient (Wildman–Crippen LogP) is 1.25. The number of nitrogens with zero attached hydrogens (tertiary/aromatic N) is 7. The zero-order chi connectivity index (χ0) is 23.0. The third kappa shape index (κ3) is 3.92. The summed E-state index contributed by atoms with van der Waals surface area (Å²) in [5.74, 6) is -0.397. The van der Waals surface area contributed by atoms with Crippen molar-refractivity contribution in [2.24, 2.45) is 19.1 Å². The molecule has 0 atom stereocenters. The molecule has 0 fully saturated rings. The van der Waals surface area contributed by atoms with Gasteiger partial charge in [0.05, 0.1) is 16.4 Å². The maximum atomic E-state index is 12.5. The SMILES string of the molecule is Cn1c(=O)c2c(ncn2CC(=O)Nc2nc(/N=C/c3c(Cl)cccc3Cl)n[nH]2)n(C)c1=O. The number of aliphatic imine (C=N–C) groups is 1. The zero-order valence-electron chi connectivity index (χ0n) is 16.7. The second kappa shape index (κ2) is 8.40. The van der Waals surface area contributed by atoms with Crippen LogP contribution in [0.25, 0.3) is 11.2 Å². The van der Waals surface area contributed by atoms with Crippen LogP contribution in [0.15, 0.2) is 39.1 Å². The Hall–Kier alpha value is -3.77. The van der Waals surface area contributed by atoms with E-state index in [9.17, 15) is 14.4 Å². The van der Waals surface area contributed by atoms with Gasteiger partial charge in [0.1, 0.15) is 6.54 Å². The van der Waals surface area contributed by atoms with Gasteiger partial charge in [-0.15, -0.1) is 5.10 Å². The molecule has 1 amide bonds. The number of carbonyl (C=O) groups is 1. The molecule has 2 N–H and O–H groups in total. The van der Waals surface area contributed by atoms with Crippen LogP contribution >= 0.6 is 23.2 Å². The largest absolute Gasteiger partial charge is 0.332 e. The number of hydrogen-bond acceptors (Lipinski definition) is 7. The first-order valence-electron chi connectivity index (χ1n) is 9.07. The summed E-state index contributed by atoms with van der Waals surface area (Å²) in [7, 11) is 2.85. The molecule has 0 radical (unpaired) electrons. The predicted molar refractivity (Wildman–Crippen MR) is 119 cm³/mol. The molecule has 1 aromatic carbocycles. The van der Waals surface area contributed by atoms with Crippen molar-refractivity contribution in [1.82, 2.24) is 33.9 Å². The molecule has 164 valence electrons. The molecule has 32 heavy (non-hydrogen) atoms. The first-order valence-corrected chi connectivity index (χ1v) is 9.83. The van der Waals surface area contributed by atoms with Crippen LogP contribution in [0, 0.1) is 0 Å². The number of H-pyrrole nitrogens is 1. The van der Waals surface area contributed by atoms with E-state index in [-0.39, 0.29) is 29.6 Å². The molecule has 0 aliphatic rings. The van der Waals surface area contributed by atoms with Crippen molar-refractivity contribution in [1.29, 1.82) is 0 Å². The number of halogens is 2. The number of carbonyl (C=O) groups excluding carboxylic acids is 1. The summed E-state index contributed by atoms with van der Waals surface area (Å²) in [4.78, 5) is 49.1. The highest BCUT2D eigenvalue weighted by molar-refractivity contribution is 6.38. The van der Waals surface area contributed by atoms with E-state index < -0.39 is 17.2 Å². The number of fused-ring (bicyclic) bond motifs is 1. The Morgan fingerprint density at radius 1 is 1.22 bits per heavy atom. The van der Waals surface area contributed by atoms with Crippen molar-refractivity contribution in [3.63, 3.8) is 0 Å². The second-order valence-electron chi connectivity index (χ2n) is 6.68. The van der Waals surface area contributed by atoms with Gasteiger partial charge in [-0.2, -0.15) is 4.98 Å². The van der Waals surface area contributed by atoms with Gasteiger partial charge >= 0.3 is 5.69 Å². The monoisotopic (exact) mass is 475 g/mol. The van der Waals surface area contributed by atoms with Crippen LogP contribution in [0.2, 0.25) is 10.0 Å². The highest BCUT2D eigenvalue weighted by Gasteiger charge is 2.16. The fourth-order valence-corrected chi connectivity index (χ4v) is 3.46. The van der Waals surface area contributed by atoms with Crippen molar-refractivity contribution in [2.45, 2.75) is 6.54 Å². The number of aromatic nitrogens is 7. The van der Waals surface area contributed by atoms with Crippen molar-refractivity contribution < 1.29 is 4.79 Å². The Kier molecular flexibility index (Phi) is 5.63. The van der Waals surface area contributed by atoms with Crippen LogP contribution in [-0.4, -0.2) is 46.0 Å². The summed E-state index contributed by atoms with van der Waals surface area (Å²) in [6.45, 7) is -0.238. The number of benzene rings is 1. The van der Waals surface area contributed by atoms with Gasteiger partial charge in [0.25, 0.3) is 11.5 Å². The summed E-state index contributed by atoms with van der Waals surface area (Å²) < 4.78 is 3.53. The molecule has 0 aliphatic carbocycles. The lowest BCUT2D eigenvalue weighted by Gasteiger charge is -2.06. The molecule has 3 heterocycles. The van der Waals surface area contributed by atoms with Crippen molar-refractivity contribution >= 4 is 58.4 Å². The lowest BCUT2D eigenvalue weighted by atomic mass is 10.2. The summed E-state index contributed by atoms with van der Waals surface area (Å²) in [6.07, 6.45) is 2.73. The minimum Gasteiger partial charge on any atom is -0.315 e. The van der Waals surface area contributed by atoms with Crippen LogP contribution in [0.3, 0.4) is 0 Å². The van der Waals surface area contributed by atoms with E-state index in [1.807, 2.05) is 0 Å². The fraction of sp³-hybridized carbons (Fsp3) is 0.167. The third-order valence-electron chi connectivity index (χ3n) is 4.57. The molecule has 14 heteroatoms. The molecule has 4 aromatic rings. The number of anilines is 1. The molecule has 0 unspecified atom stereocenters. The van der Waals surface area contributed by atoms with E-state index >= 15 is 0 Å². The van der Waals surface area contributed by atoms with E-state index in [1.54, 1.807) is 18.2 Å². The Morgan fingerprint density at radius 3 is 2.66 bits per heavy atom. The minimum atomic E-state index is -0.553. The number of nitrogens with one attached hydrogen (secondary N) is 2. The average molecular weight is 476 g/mol. The number of amides is 1. The van der Waals surface area contributed by atoms with E-state index in [0.717, 1.165) is 4.57 Å². The molecule has 12 nitrogen and oxygen atoms in total. The molecule has 4 rings (SSSR count). The number of aromatic amines is 1. The van der Waals surface area contributed by atoms with Crippen LogP contribution in [-0.2, 0) is 25.4 Å². The quantitative estimate of drug-likeness (QED) is 0.415. The summed E-state index contributed by atoms with van der Waals surface area (Å²) in [5, 5.41) is 9.80. The number of aryl methyl sites for hydroxylation is 1. The van der Waals surface area contributed by atoms with Crippen LogP contribution in [0.4, 0.5) is 11.9 Å². The van der Waals surface area contributed by atoms with Crippen molar-refractivity contribution in [3.05, 3.63) is 61.0 Å². The first kappa shape index (κ1) is 21.5. The van der Waals surface area contributed by atoms with Gasteiger partial charge in [0, 0.05) is 25.9 Å². The van der Waals surface area contributed by atoms with Crippen LogP contribution in [0.1, 0.15) is 5.56 Å². The topological polar surface area (TPSA) is 145 Å². The summed E-state index contributed by atoms with van der Waals surface area (Å²) in [6, 6.07) is 5.05. The van der Waals surface area contributed by atoms with E-state index in [2.05, 4.69) is 30.5 Å². The Bertz CT molecular complexity index is 1480. The average Bonchev–Trinajstić information content (AvgIpc) is 3.37. The van der Waals surface area contributed by atoms with Gasteiger partial charge in [0.2, 0.25) is 11.9 Å². The minimum absolute atomic E-state index is 0.0493. The zero-order valence-corrected chi connectivity index (χ0v) is 18.2. The molecular weight excluding hydrogens is 461 g/mol. The molecule has 0 aliphatic heterocycles. The van der Waals surface area contributed by atoms with E-state index in [4.69, 9.17) is 23.2 Å². The van der Waals surface area contributed by atoms with Crippen molar-refractivity contribution in [3.8, 4) is 0 Å². The van der Waals surface area contributed by atoms with Gasteiger partial charge in [-0.1, -0.05) is 29.3 Å². The molecule has 0 saturated carbocycles.